The Labute approximate surface area is 145 Å². The lowest BCUT2D eigenvalue weighted by Crippen LogP contribution is -2.97. The number of quaternary nitrogens is 1. The largest absolute Gasteiger partial charge is 0.461 e. The number of benzene rings is 1. The first-order valence-corrected chi connectivity index (χ1v) is 8.29. The fraction of sp³-hybridized carbons (Fsp3) is 0.471. The molecule has 2 fully saturated rings. The van der Waals surface area contributed by atoms with Crippen molar-refractivity contribution < 1.29 is 24.4 Å². The smallest absolute Gasteiger partial charge is 0.368 e. The predicted molar refractivity (Wildman–Crippen MR) is 85.9 cm³/mol. The Hall–Kier alpha value is -1.92. The summed E-state index contributed by atoms with van der Waals surface area (Å²) in [6, 6.07) is 6.80. The van der Waals surface area contributed by atoms with Crippen LogP contribution in [0.5, 0.6) is 0 Å². The first-order chi connectivity index (χ1) is 11.3. The molecular weight excluding hydrogens is 332 g/mol. The lowest BCUT2D eigenvalue weighted by atomic mass is 9.80. The predicted octanol–water partition coefficient (Wildman–Crippen LogP) is 0.511. The van der Waals surface area contributed by atoms with Crippen molar-refractivity contribution in [2.75, 3.05) is 13.7 Å². The van der Waals surface area contributed by atoms with Crippen LogP contribution in [0.3, 0.4) is 0 Å². The Morgan fingerprint density at radius 1 is 1.29 bits per heavy atom. The molecule has 0 unspecified atom stereocenters. The standard InChI is InChI=1S/C17H19ClN2O4/c1-4-24-16(23)17(2)12-11(14(21)20(3)15(12)22)13(19-17)9-5-7-10(18)8-6-9/h5-8,11-13,19H,4H2,1-3H3/p+1/t11-,12-,13-,17-/m0/s1. The molecule has 0 spiro atoms. The highest BCUT2D eigenvalue weighted by atomic mass is 35.5. The highest BCUT2D eigenvalue weighted by Crippen LogP contribution is 2.43. The Kier molecular flexibility index (Phi) is 4.13. The normalized spacial score (nSPS) is 32.2. The number of ether oxygens (including phenoxy) is 1. The van der Waals surface area contributed by atoms with Crippen LogP contribution in [-0.4, -0.2) is 41.9 Å². The zero-order chi connectivity index (χ0) is 17.6. The summed E-state index contributed by atoms with van der Waals surface area (Å²) in [6.45, 7) is 3.63. The minimum Gasteiger partial charge on any atom is -0.461 e. The van der Waals surface area contributed by atoms with Crippen molar-refractivity contribution in [1.29, 1.82) is 0 Å². The summed E-state index contributed by atoms with van der Waals surface area (Å²) in [5, 5.41) is 2.39. The molecule has 7 heteroatoms. The summed E-state index contributed by atoms with van der Waals surface area (Å²) >= 11 is 5.94. The number of esters is 1. The fourth-order valence-corrected chi connectivity index (χ4v) is 4.00. The van der Waals surface area contributed by atoms with Crippen LogP contribution in [-0.2, 0) is 19.1 Å². The number of likely N-dealkylation sites (tertiary alicyclic amines) is 1. The summed E-state index contributed by atoms with van der Waals surface area (Å²) < 4.78 is 5.19. The maximum Gasteiger partial charge on any atom is 0.368 e. The number of halogens is 1. The molecule has 0 saturated carbocycles. The molecule has 2 amide bonds. The average molecular weight is 352 g/mol. The number of rotatable bonds is 3. The van der Waals surface area contributed by atoms with Gasteiger partial charge < -0.3 is 10.1 Å². The van der Waals surface area contributed by atoms with Crippen LogP contribution in [0.25, 0.3) is 0 Å². The minimum absolute atomic E-state index is 0.225. The first-order valence-electron chi connectivity index (χ1n) is 7.91. The molecule has 2 aliphatic heterocycles. The van der Waals surface area contributed by atoms with E-state index < -0.39 is 23.3 Å². The monoisotopic (exact) mass is 351 g/mol. The zero-order valence-electron chi connectivity index (χ0n) is 13.8. The third-order valence-corrected chi connectivity index (χ3v) is 5.35. The van der Waals surface area contributed by atoms with Gasteiger partial charge >= 0.3 is 5.97 Å². The van der Waals surface area contributed by atoms with Gasteiger partial charge in [0.1, 0.15) is 17.9 Å². The van der Waals surface area contributed by atoms with Gasteiger partial charge in [-0.3, -0.25) is 14.5 Å². The lowest BCUT2D eigenvalue weighted by molar-refractivity contribution is -0.731. The van der Waals surface area contributed by atoms with Gasteiger partial charge in [0, 0.05) is 24.6 Å². The molecule has 2 heterocycles. The van der Waals surface area contributed by atoms with Crippen molar-refractivity contribution in [2.45, 2.75) is 25.4 Å². The molecular formula is C17H20ClN2O4+. The number of imide groups is 1. The number of nitrogens with zero attached hydrogens (tertiary/aromatic N) is 1. The molecule has 1 aromatic carbocycles. The van der Waals surface area contributed by atoms with E-state index in [0.29, 0.717) is 5.02 Å². The molecule has 0 radical (unpaired) electrons. The van der Waals surface area contributed by atoms with Crippen molar-refractivity contribution in [3.63, 3.8) is 0 Å². The Morgan fingerprint density at radius 3 is 2.50 bits per heavy atom. The Balaban J connectivity index is 2.06. The maximum atomic E-state index is 12.6. The van der Waals surface area contributed by atoms with Crippen molar-refractivity contribution in [3.05, 3.63) is 34.9 Å². The van der Waals surface area contributed by atoms with E-state index >= 15 is 0 Å². The maximum absolute atomic E-state index is 12.6. The third-order valence-electron chi connectivity index (χ3n) is 5.10. The van der Waals surface area contributed by atoms with Crippen LogP contribution in [0.15, 0.2) is 24.3 Å². The van der Waals surface area contributed by atoms with Gasteiger partial charge in [0.05, 0.1) is 6.61 Å². The van der Waals surface area contributed by atoms with Gasteiger partial charge in [-0.1, -0.05) is 23.7 Å². The van der Waals surface area contributed by atoms with Gasteiger partial charge in [-0.15, -0.1) is 0 Å². The van der Waals surface area contributed by atoms with Crippen molar-refractivity contribution >= 4 is 29.4 Å². The zero-order valence-corrected chi connectivity index (χ0v) is 14.5. The van der Waals surface area contributed by atoms with E-state index in [9.17, 15) is 14.4 Å². The van der Waals surface area contributed by atoms with Crippen LogP contribution in [0.2, 0.25) is 5.02 Å². The summed E-state index contributed by atoms with van der Waals surface area (Å²) in [6.07, 6.45) is 0. The van der Waals surface area contributed by atoms with Gasteiger partial charge in [0.25, 0.3) is 0 Å². The van der Waals surface area contributed by atoms with E-state index in [1.54, 1.807) is 31.3 Å². The molecule has 128 valence electrons. The Morgan fingerprint density at radius 2 is 1.92 bits per heavy atom. The van der Waals surface area contributed by atoms with E-state index in [4.69, 9.17) is 16.3 Å². The highest BCUT2D eigenvalue weighted by molar-refractivity contribution is 6.30. The molecule has 4 atom stereocenters. The van der Waals surface area contributed by atoms with E-state index in [0.717, 1.165) is 10.5 Å². The fourth-order valence-electron chi connectivity index (χ4n) is 3.88. The second-order valence-corrected chi connectivity index (χ2v) is 6.92. The summed E-state index contributed by atoms with van der Waals surface area (Å²) in [4.78, 5) is 38.9. The number of carbonyl (C=O) groups excluding carboxylic acids is 3. The van der Waals surface area contributed by atoms with Crippen LogP contribution in [0.1, 0.15) is 25.5 Å². The summed E-state index contributed by atoms with van der Waals surface area (Å²) in [5.41, 5.74) is -0.262. The van der Waals surface area contributed by atoms with Crippen molar-refractivity contribution in [3.8, 4) is 0 Å². The topological polar surface area (TPSA) is 80.3 Å². The molecule has 0 aromatic heterocycles. The minimum atomic E-state index is -1.12. The second-order valence-electron chi connectivity index (χ2n) is 6.49. The lowest BCUT2D eigenvalue weighted by Gasteiger charge is -2.25. The quantitative estimate of drug-likeness (QED) is 0.635. The Bertz CT molecular complexity index is 705. The summed E-state index contributed by atoms with van der Waals surface area (Å²) in [5.74, 6) is -2.36. The average Bonchev–Trinajstić information content (AvgIpc) is 2.99. The van der Waals surface area contributed by atoms with Crippen LogP contribution in [0, 0.1) is 11.8 Å². The molecule has 3 rings (SSSR count). The SMILES string of the molecule is CCOC(=O)[C@@]1(C)[NH2+][C@@H](c2ccc(Cl)cc2)[C@H]2C(=O)N(C)C(=O)[C@H]21. The van der Waals surface area contributed by atoms with E-state index in [-0.39, 0.29) is 24.5 Å². The molecule has 24 heavy (non-hydrogen) atoms. The molecule has 2 N–H and O–H groups in total. The highest BCUT2D eigenvalue weighted by Gasteiger charge is 2.70. The van der Waals surface area contributed by atoms with Crippen LogP contribution >= 0.6 is 11.6 Å². The molecule has 2 saturated heterocycles. The summed E-state index contributed by atoms with van der Waals surface area (Å²) in [7, 11) is 1.47. The van der Waals surface area contributed by atoms with E-state index in [2.05, 4.69) is 0 Å². The number of hydrogen-bond acceptors (Lipinski definition) is 4. The number of hydrogen-bond donors (Lipinski definition) is 1. The van der Waals surface area contributed by atoms with Crippen molar-refractivity contribution in [1.82, 2.24) is 4.90 Å². The second kappa shape index (κ2) is 5.86. The molecule has 6 nitrogen and oxygen atoms in total. The van der Waals surface area contributed by atoms with E-state index in [1.165, 1.54) is 7.05 Å². The first kappa shape index (κ1) is 16.9. The van der Waals surface area contributed by atoms with Crippen LogP contribution in [0.4, 0.5) is 0 Å². The number of amides is 2. The van der Waals surface area contributed by atoms with Gasteiger partial charge in [0.15, 0.2) is 0 Å². The number of nitrogens with two attached hydrogens (primary N) is 1. The van der Waals surface area contributed by atoms with Crippen molar-refractivity contribution in [2.24, 2.45) is 11.8 Å². The third kappa shape index (κ3) is 2.32. The van der Waals surface area contributed by atoms with Gasteiger partial charge in [-0.2, -0.15) is 0 Å². The number of carbonyl (C=O) groups is 3. The van der Waals surface area contributed by atoms with Gasteiger partial charge in [-0.25, -0.2) is 4.79 Å². The molecule has 0 bridgehead atoms. The van der Waals surface area contributed by atoms with Gasteiger partial charge in [0.2, 0.25) is 17.4 Å². The molecule has 2 aliphatic rings. The van der Waals surface area contributed by atoms with E-state index in [1.807, 2.05) is 12.1 Å². The molecule has 1 aromatic rings. The molecule has 0 aliphatic carbocycles. The number of fused-ring (bicyclic) bond motifs is 1. The van der Waals surface area contributed by atoms with Gasteiger partial charge in [-0.05, 0) is 19.1 Å². The van der Waals surface area contributed by atoms with Crippen LogP contribution < -0.4 is 5.32 Å².